The van der Waals surface area contributed by atoms with Crippen molar-refractivity contribution in [3.8, 4) is 5.82 Å². The maximum absolute atomic E-state index is 12.4. The van der Waals surface area contributed by atoms with Crippen LogP contribution in [-0.4, -0.2) is 103 Å². The summed E-state index contributed by atoms with van der Waals surface area (Å²) in [5.41, 5.74) is 7.59. The molecule has 230 valence electrons. The number of nitrogens with two attached hydrogens (primary N) is 1. The average Bonchev–Trinajstić information content (AvgIpc) is 3.31. The third-order valence-electron chi connectivity index (χ3n) is 7.51. The molecule has 1 aromatic carbocycles. The van der Waals surface area contributed by atoms with Crippen LogP contribution in [0.4, 0.5) is 33.9 Å². The number of amides is 2. The van der Waals surface area contributed by atoms with E-state index >= 15 is 0 Å². The number of hydrogen-bond donors (Lipinski definition) is 2. The molecule has 3 aromatic rings. The molecule has 0 spiro atoms. The average molecular weight is 592 g/mol. The van der Waals surface area contributed by atoms with Gasteiger partial charge in [0.15, 0.2) is 5.82 Å². The van der Waals surface area contributed by atoms with Crippen molar-refractivity contribution in [2.24, 2.45) is 0 Å². The predicted molar refractivity (Wildman–Crippen MR) is 165 cm³/mol. The molecule has 2 unspecified atom stereocenters. The van der Waals surface area contributed by atoms with Crippen LogP contribution in [0.3, 0.4) is 0 Å². The SMILES string of the molecule is CC(=O)N1C(C)CN(c2cc(-n3nc(Nc4ccc(N5CCN(C(=O)OC(C)(C)C)CC5)cc4)nc3N)ncn2)CC1C. The number of anilines is 5. The number of ether oxygens (including phenoxy) is 1. The molecule has 2 aliphatic heterocycles. The molecule has 0 aliphatic carbocycles. The van der Waals surface area contributed by atoms with Crippen molar-refractivity contribution < 1.29 is 14.3 Å². The Balaban J connectivity index is 1.21. The molecule has 5 rings (SSSR count). The van der Waals surface area contributed by atoms with Gasteiger partial charge in [0.05, 0.1) is 0 Å². The van der Waals surface area contributed by atoms with E-state index in [2.05, 4.69) is 35.2 Å². The monoisotopic (exact) mass is 591 g/mol. The molecule has 0 radical (unpaired) electrons. The van der Waals surface area contributed by atoms with E-state index in [9.17, 15) is 9.59 Å². The molecule has 2 aromatic heterocycles. The van der Waals surface area contributed by atoms with Crippen molar-refractivity contribution in [1.29, 1.82) is 0 Å². The summed E-state index contributed by atoms with van der Waals surface area (Å²) in [6.45, 7) is 15.3. The van der Waals surface area contributed by atoms with Gasteiger partial charge < -0.3 is 35.4 Å². The van der Waals surface area contributed by atoms with Gasteiger partial charge >= 0.3 is 6.09 Å². The fraction of sp³-hybridized carbons (Fsp3) is 0.517. The van der Waals surface area contributed by atoms with Gasteiger partial charge in [0.25, 0.3) is 0 Å². The molecule has 4 heterocycles. The van der Waals surface area contributed by atoms with Gasteiger partial charge in [-0.15, -0.1) is 5.10 Å². The third-order valence-corrected chi connectivity index (χ3v) is 7.51. The summed E-state index contributed by atoms with van der Waals surface area (Å²) in [6.07, 6.45) is 1.21. The number of rotatable bonds is 5. The number of carbonyl (C=O) groups excluding carboxylic acids is 2. The first-order chi connectivity index (χ1) is 20.4. The highest BCUT2D eigenvalue weighted by atomic mass is 16.6. The van der Waals surface area contributed by atoms with Gasteiger partial charge in [-0.05, 0) is 58.9 Å². The lowest BCUT2D eigenvalue weighted by molar-refractivity contribution is -0.133. The second-order valence-electron chi connectivity index (χ2n) is 12.1. The normalized spacial score (nSPS) is 19.4. The second-order valence-corrected chi connectivity index (χ2v) is 12.1. The zero-order chi connectivity index (χ0) is 30.9. The molecule has 0 bridgehead atoms. The Kier molecular flexibility index (Phi) is 8.29. The maximum Gasteiger partial charge on any atom is 0.410 e. The van der Waals surface area contributed by atoms with E-state index in [0.717, 1.165) is 30.3 Å². The van der Waals surface area contributed by atoms with Gasteiger partial charge in [0, 0.05) is 75.7 Å². The van der Waals surface area contributed by atoms with Crippen molar-refractivity contribution in [3.63, 3.8) is 0 Å². The zero-order valence-corrected chi connectivity index (χ0v) is 25.7. The first kappa shape index (κ1) is 29.9. The zero-order valence-electron chi connectivity index (χ0n) is 25.7. The second kappa shape index (κ2) is 11.9. The first-order valence-corrected chi connectivity index (χ1v) is 14.6. The molecule has 3 N–H and O–H groups in total. The smallest absolute Gasteiger partial charge is 0.410 e. The molecule has 14 heteroatoms. The Hall–Kier alpha value is -4.62. The van der Waals surface area contributed by atoms with E-state index in [0.29, 0.717) is 37.9 Å². The molecule has 0 saturated carbocycles. The summed E-state index contributed by atoms with van der Waals surface area (Å²) in [7, 11) is 0. The van der Waals surface area contributed by atoms with Crippen molar-refractivity contribution >= 4 is 41.1 Å². The van der Waals surface area contributed by atoms with Gasteiger partial charge in [0.1, 0.15) is 17.7 Å². The molecule has 2 atom stereocenters. The number of nitrogens with one attached hydrogen (secondary N) is 1. The number of piperazine rings is 2. The lowest BCUT2D eigenvalue weighted by Gasteiger charge is -2.44. The van der Waals surface area contributed by atoms with Crippen molar-refractivity contribution in [2.45, 2.75) is 59.2 Å². The Morgan fingerprint density at radius 1 is 0.953 bits per heavy atom. The Morgan fingerprint density at radius 3 is 2.19 bits per heavy atom. The molecule has 14 nitrogen and oxygen atoms in total. The van der Waals surface area contributed by atoms with Crippen LogP contribution < -0.4 is 20.9 Å². The first-order valence-electron chi connectivity index (χ1n) is 14.6. The van der Waals surface area contributed by atoms with Crippen LogP contribution in [0.5, 0.6) is 0 Å². The number of carbonyl (C=O) groups is 2. The topological polar surface area (TPSA) is 151 Å². The Labute approximate surface area is 251 Å². The molecule has 2 fully saturated rings. The minimum atomic E-state index is -0.504. The fourth-order valence-corrected chi connectivity index (χ4v) is 5.66. The Bertz CT molecular complexity index is 1430. The standard InChI is InChI=1S/C29H41N11O3/c1-19-16-38(17-20(2)39(19)21(3)41)24-15-25(32-18-31-24)40-26(30)34-27(35-40)33-22-7-9-23(10-8-22)36-11-13-37(14-12-36)28(42)43-29(4,5)6/h7-10,15,18-20H,11-14,16-17H2,1-6H3,(H3,30,33,34,35). The lowest BCUT2D eigenvalue weighted by atomic mass is 10.1. The fourth-order valence-electron chi connectivity index (χ4n) is 5.66. The van der Waals surface area contributed by atoms with Crippen LogP contribution in [0, 0.1) is 0 Å². The molecular weight excluding hydrogens is 550 g/mol. The molecule has 2 aliphatic rings. The molecular formula is C29H41N11O3. The van der Waals surface area contributed by atoms with Crippen LogP contribution in [-0.2, 0) is 9.53 Å². The van der Waals surface area contributed by atoms with Gasteiger partial charge in [-0.1, -0.05) is 0 Å². The molecule has 2 saturated heterocycles. The van der Waals surface area contributed by atoms with Gasteiger partial charge in [-0.2, -0.15) is 9.67 Å². The van der Waals surface area contributed by atoms with Crippen LogP contribution in [0.2, 0.25) is 0 Å². The summed E-state index contributed by atoms with van der Waals surface area (Å²) < 4.78 is 6.97. The van der Waals surface area contributed by atoms with E-state index in [1.807, 2.05) is 69.9 Å². The minimum Gasteiger partial charge on any atom is -0.444 e. The Morgan fingerprint density at radius 2 is 1.58 bits per heavy atom. The number of hydrogen-bond acceptors (Lipinski definition) is 11. The predicted octanol–water partition coefficient (Wildman–Crippen LogP) is 2.89. The highest BCUT2D eigenvalue weighted by Crippen LogP contribution is 2.25. The number of nitrogen functional groups attached to an aromatic ring is 1. The van der Waals surface area contributed by atoms with Crippen LogP contribution in [0.1, 0.15) is 41.5 Å². The van der Waals surface area contributed by atoms with E-state index in [4.69, 9.17) is 10.5 Å². The van der Waals surface area contributed by atoms with Gasteiger partial charge in [0.2, 0.25) is 17.8 Å². The van der Waals surface area contributed by atoms with Gasteiger partial charge in [-0.25, -0.2) is 14.8 Å². The number of aromatic nitrogens is 5. The highest BCUT2D eigenvalue weighted by molar-refractivity contribution is 5.74. The lowest BCUT2D eigenvalue weighted by Crippen LogP contribution is -2.58. The highest BCUT2D eigenvalue weighted by Gasteiger charge is 2.32. The van der Waals surface area contributed by atoms with Crippen molar-refractivity contribution in [3.05, 3.63) is 36.7 Å². The molecule has 2 amide bonds. The van der Waals surface area contributed by atoms with Crippen LogP contribution >= 0.6 is 0 Å². The summed E-state index contributed by atoms with van der Waals surface area (Å²) >= 11 is 0. The van der Waals surface area contributed by atoms with Crippen LogP contribution in [0.15, 0.2) is 36.7 Å². The number of benzene rings is 1. The number of nitrogens with zero attached hydrogens (tertiary/aromatic N) is 9. The van der Waals surface area contributed by atoms with E-state index < -0.39 is 5.60 Å². The molecule has 43 heavy (non-hydrogen) atoms. The quantitative estimate of drug-likeness (QED) is 0.451. The summed E-state index contributed by atoms with van der Waals surface area (Å²) in [4.78, 5) is 45.7. The summed E-state index contributed by atoms with van der Waals surface area (Å²) in [6, 6.07) is 9.90. The van der Waals surface area contributed by atoms with Gasteiger partial charge in [-0.3, -0.25) is 4.79 Å². The van der Waals surface area contributed by atoms with E-state index in [1.54, 1.807) is 11.8 Å². The summed E-state index contributed by atoms with van der Waals surface area (Å²) in [5, 5.41) is 7.75. The largest absolute Gasteiger partial charge is 0.444 e. The van der Waals surface area contributed by atoms with E-state index in [-0.39, 0.29) is 30.0 Å². The van der Waals surface area contributed by atoms with E-state index in [1.165, 1.54) is 11.0 Å². The third kappa shape index (κ3) is 6.89. The maximum atomic E-state index is 12.4. The summed E-state index contributed by atoms with van der Waals surface area (Å²) in [5.74, 6) is 1.84. The van der Waals surface area contributed by atoms with Crippen LogP contribution in [0.25, 0.3) is 5.82 Å². The minimum absolute atomic E-state index is 0.0557. The van der Waals surface area contributed by atoms with Crippen molar-refractivity contribution in [2.75, 3.05) is 60.1 Å². The van der Waals surface area contributed by atoms with Crippen molar-refractivity contribution in [1.82, 2.24) is 34.5 Å².